The molecule has 54 valence electrons. The van der Waals surface area contributed by atoms with E-state index in [4.69, 9.17) is 0 Å². The summed E-state index contributed by atoms with van der Waals surface area (Å²) in [5.74, 6) is 0. The first-order valence-electron chi connectivity index (χ1n) is 2.48. The fourth-order valence-electron chi connectivity index (χ4n) is 0.253. The maximum atomic E-state index is 4.62. The molecule has 4 nitrogen and oxygen atoms in total. The molecule has 0 spiro atoms. The highest BCUT2D eigenvalue weighted by atomic mass is 32.1. The van der Waals surface area contributed by atoms with Gasteiger partial charge in [-0.2, -0.15) is 0 Å². The molecule has 0 amide bonds. The van der Waals surface area contributed by atoms with E-state index in [9.17, 15) is 0 Å². The van der Waals surface area contributed by atoms with Crippen LogP contribution in [-0.4, -0.2) is 15.1 Å². The summed E-state index contributed by atoms with van der Waals surface area (Å²) in [5, 5.41) is 0.000000000000000222. The van der Waals surface area contributed by atoms with E-state index in [0.29, 0.717) is 0 Å². The lowest BCUT2D eigenvalue weighted by Gasteiger charge is -1.70. The smallest absolute Gasteiger partial charge is 0.160 e. The molecule has 1 heterocycles. The van der Waals surface area contributed by atoms with Gasteiger partial charge in [-0.05, 0) is 18.3 Å². The second kappa shape index (κ2) is 5.90. The number of nitrogens with zero attached hydrogens (tertiary/aromatic N) is 2. The lowest BCUT2D eigenvalue weighted by atomic mass is 10.7. The Morgan fingerprint density at radius 3 is 1.70 bits per heavy atom. The molecule has 5 heteroatoms. The van der Waals surface area contributed by atoms with E-state index in [1.807, 2.05) is 0 Å². The van der Waals surface area contributed by atoms with Crippen molar-refractivity contribution >= 4 is 17.3 Å². The molecule has 0 saturated carbocycles. The topological polar surface area (TPSA) is 77.8 Å². The van der Waals surface area contributed by atoms with Gasteiger partial charge < -0.3 is 11.5 Å². The summed E-state index contributed by atoms with van der Waals surface area (Å²) in [5.41, 5.74) is 9.24. The normalized spacial score (nSPS) is 7.20. The van der Waals surface area contributed by atoms with Crippen LogP contribution in [-0.2, 0) is 0 Å². The van der Waals surface area contributed by atoms with Crippen molar-refractivity contribution < 1.29 is 0 Å². The second-order valence-electron chi connectivity index (χ2n) is 1.31. The van der Waals surface area contributed by atoms with Crippen molar-refractivity contribution in [2.24, 2.45) is 11.5 Å². The Hall–Kier alpha value is -1.23. The van der Waals surface area contributed by atoms with Crippen molar-refractivity contribution in [3.05, 3.63) is 24.8 Å². The van der Waals surface area contributed by atoms with E-state index in [1.165, 1.54) is 6.33 Å². The van der Waals surface area contributed by atoms with Crippen LogP contribution in [0.25, 0.3) is 0 Å². The summed E-state index contributed by atoms with van der Waals surface area (Å²) in [6, 6.07) is 1.78. The monoisotopic (exact) mass is 156 g/mol. The quantitative estimate of drug-likeness (QED) is 0.503. The van der Waals surface area contributed by atoms with Gasteiger partial charge in [0, 0.05) is 12.4 Å². The minimum Gasteiger partial charge on any atom is -0.377 e. The van der Waals surface area contributed by atoms with Crippen molar-refractivity contribution in [2.75, 3.05) is 0 Å². The molecule has 0 unspecified atom stereocenters. The van der Waals surface area contributed by atoms with E-state index in [-0.39, 0.29) is 5.11 Å². The molecular weight excluding hydrogens is 148 g/mol. The van der Waals surface area contributed by atoms with Crippen molar-refractivity contribution in [2.45, 2.75) is 0 Å². The Morgan fingerprint density at radius 1 is 1.20 bits per heavy atom. The summed E-state index contributed by atoms with van der Waals surface area (Å²) < 4.78 is 0. The minimum atomic E-state index is 0.000000000000000222. The summed E-state index contributed by atoms with van der Waals surface area (Å²) in [6.45, 7) is 0. The first-order chi connectivity index (χ1) is 4.73. The molecule has 0 saturated heterocycles. The van der Waals surface area contributed by atoms with E-state index in [0.717, 1.165) is 0 Å². The van der Waals surface area contributed by atoms with Crippen LogP contribution >= 0.6 is 12.2 Å². The fraction of sp³-hybridized carbons (Fsp3) is 0. The number of hydrogen-bond donors (Lipinski definition) is 2. The first-order valence-corrected chi connectivity index (χ1v) is 2.89. The van der Waals surface area contributed by atoms with Crippen LogP contribution < -0.4 is 11.5 Å². The second-order valence-corrected chi connectivity index (χ2v) is 1.78. The van der Waals surface area contributed by atoms with Gasteiger partial charge in [-0.15, -0.1) is 0 Å². The largest absolute Gasteiger partial charge is 0.377 e. The number of nitrogens with two attached hydrogens (primary N) is 2. The van der Waals surface area contributed by atoms with Gasteiger partial charge in [0.1, 0.15) is 6.33 Å². The average molecular weight is 156 g/mol. The van der Waals surface area contributed by atoms with E-state index < -0.39 is 0 Å². The predicted molar refractivity (Wildman–Crippen MR) is 43.0 cm³/mol. The molecular formula is C5H8N4S. The molecule has 0 aliphatic heterocycles. The van der Waals surface area contributed by atoms with Gasteiger partial charge in [-0.25, -0.2) is 9.97 Å². The molecule has 0 fully saturated rings. The van der Waals surface area contributed by atoms with E-state index in [2.05, 4.69) is 33.7 Å². The average Bonchev–Trinajstić information content (AvgIpc) is 1.90. The maximum Gasteiger partial charge on any atom is 0.160 e. The number of hydrogen-bond acceptors (Lipinski definition) is 3. The maximum absolute atomic E-state index is 4.62. The molecule has 1 aromatic heterocycles. The van der Waals surface area contributed by atoms with Crippen LogP contribution in [0.1, 0.15) is 0 Å². The Labute approximate surface area is 64.3 Å². The zero-order chi connectivity index (χ0) is 7.82. The van der Waals surface area contributed by atoms with Crippen LogP contribution in [0.2, 0.25) is 0 Å². The van der Waals surface area contributed by atoms with Crippen LogP contribution in [0.15, 0.2) is 24.8 Å². The third-order valence-electron chi connectivity index (χ3n) is 0.478. The molecule has 0 radical (unpaired) electrons. The Kier molecular flexibility index (Phi) is 5.17. The lowest BCUT2D eigenvalue weighted by molar-refractivity contribution is 1.17. The minimum absolute atomic E-state index is 0.000000000000000222. The predicted octanol–water partition coefficient (Wildman–Crippen LogP) is -0.335. The number of thiocarbonyl (C=S) groups is 1. The van der Waals surface area contributed by atoms with Crippen LogP contribution in [0, 0.1) is 0 Å². The molecule has 1 rings (SSSR count). The third-order valence-corrected chi connectivity index (χ3v) is 0.478. The molecule has 0 bridgehead atoms. The number of aromatic nitrogens is 2. The summed E-state index contributed by atoms with van der Waals surface area (Å²) in [6.07, 6.45) is 4.88. The van der Waals surface area contributed by atoms with Gasteiger partial charge in [-0.3, -0.25) is 0 Å². The highest BCUT2D eigenvalue weighted by molar-refractivity contribution is 7.80. The Morgan fingerprint density at radius 2 is 1.60 bits per heavy atom. The van der Waals surface area contributed by atoms with Gasteiger partial charge >= 0.3 is 0 Å². The summed E-state index contributed by atoms with van der Waals surface area (Å²) in [4.78, 5) is 7.35. The molecule has 0 atom stereocenters. The van der Waals surface area contributed by atoms with Crippen LogP contribution in [0.4, 0.5) is 0 Å². The summed E-state index contributed by atoms with van der Waals surface area (Å²) in [7, 11) is 0. The molecule has 0 aromatic carbocycles. The van der Waals surface area contributed by atoms with Crippen molar-refractivity contribution in [3.8, 4) is 0 Å². The molecule has 0 aliphatic carbocycles. The van der Waals surface area contributed by atoms with Crippen molar-refractivity contribution in [1.82, 2.24) is 9.97 Å². The van der Waals surface area contributed by atoms with Gasteiger partial charge in [0.15, 0.2) is 5.11 Å². The highest BCUT2D eigenvalue weighted by Crippen LogP contribution is 1.66. The first kappa shape index (κ1) is 8.77. The zero-order valence-electron chi connectivity index (χ0n) is 5.27. The molecule has 0 aliphatic rings. The zero-order valence-corrected chi connectivity index (χ0v) is 6.08. The number of rotatable bonds is 0. The summed E-state index contributed by atoms with van der Waals surface area (Å²) >= 11 is 4.09. The van der Waals surface area contributed by atoms with Crippen LogP contribution in [0.3, 0.4) is 0 Å². The van der Waals surface area contributed by atoms with Gasteiger partial charge in [0.2, 0.25) is 0 Å². The van der Waals surface area contributed by atoms with Gasteiger partial charge in [0.05, 0.1) is 0 Å². The fourth-order valence-corrected chi connectivity index (χ4v) is 0.253. The molecule has 10 heavy (non-hydrogen) atoms. The van der Waals surface area contributed by atoms with E-state index >= 15 is 0 Å². The molecule has 1 aromatic rings. The SMILES string of the molecule is NC(N)=S.c1cncnc1. The molecule has 4 N–H and O–H groups in total. The standard InChI is InChI=1S/C4H4N2.CH4N2S/c1-2-5-4-6-3-1;2-1(3)4/h1-4H;(H4,2,3,4). The Balaban J connectivity index is 0.000000180. The van der Waals surface area contributed by atoms with Crippen molar-refractivity contribution in [1.29, 1.82) is 0 Å². The van der Waals surface area contributed by atoms with Gasteiger partial charge in [-0.1, -0.05) is 0 Å². The third kappa shape index (κ3) is 9.91. The lowest BCUT2D eigenvalue weighted by Crippen LogP contribution is -2.18. The Bertz CT molecular complexity index is 146. The highest BCUT2D eigenvalue weighted by Gasteiger charge is 1.59. The van der Waals surface area contributed by atoms with Crippen molar-refractivity contribution in [3.63, 3.8) is 0 Å². The van der Waals surface area contributed by atoms with Gasteiger partial charge in [0.25, 0.3) is 0 Å². The van der Waals surface area contributed by atoms with Crippen LogP contribution in [0.5, 0.6) is 0 Å². The van der Waals surface area contributed by atoms with E-state index in [1.54, 1.807) is 18.5 Å².